The van der Waals surface area contributed by atoms with E-state index >= 15 is 0 Å². The second kappa shape index (κ2) is 12.0. The van der Waals surface area contributed by atoms with Crippen LogP contribution in [0.4, 0.5) is 0 Å². The Balaban J connectivity index is -0.000000441. The number of rotatable bonds is 9. The van der Waals surface area contributed by atoms with Crippen LogP contribution in [0.25, 0.3) is 0 Å². The third kappa shape index (κ3) is 10.5. The van der Waals surface area contributed by atoms with E-state index in [1.165, 1.54) is 0 Å². The molecule has 26 heavy (non-hydrogen) atoms. The van der Waals surface area contributed by atoms with Gasteiger partial charge in [-0.15, -0.1) is 0 Å². The molecule has 13 nitrogen and oxygen atoms in total. The van der Waals surface area contributed by atoms with Crippen LogP contribution < -0.4 is 59.1 Å². The Morgan fingerprint density at radius 3 is 1.73 bits per heavy atom. The molecule has 0 aromatic carbocycles. The molecule has 0 radical (unpaired) electrons. The molecule has 0 spiro atoms. The fourth-order valence-electron chi connectivity index (χ4n) is 1.39. The van der Waals surface area contributed by atoms with Crippen molar-refractivity contribution in [3.8, 4) is 0 Å². The number of carboxylic acid groups (broad SMARTS) is 3. The second-order valence-corrected chi connectivity index (χ2v) is 6.08. The molecule has 16 heteroatoms. The van der Waals surface area contributed by atoms with E-state index < -0.39 is 70.1 Å². The average Bonchev–Trinajstić information content (AvgIpc) is 2.32. The van der Waals surface area contributed by atoms with E-state index in [4.69, 9.17) is 19.9 Å². The zero-order valence-corrected chi connectivity index (χ0v) is 18.4. The summed E-state index contributed by atoms with van der Waals surface area (Å²) in [7, 11) is -5.26. The van der Waals surface area contributed by atoms with Crippen molar-refractivity contribution in [3.63, 3.8) is 0 Å². The number of carbonyl (C=O) groups is 5. The maximum atomic E-state index is 11.4. The van der Waals surface area contributed by atoms with Gasteiger partial charge in [0.2, 0.25) is 0 Å². The maximum Gasteiger partial charge on any atom is 1.00 e. The zero-order valence-electron chi connectivity index (χ0n) is 15.6. The first-order valence-electron chi connectivity index (χ1n) is 5.79. The van der Waals surface area contributed by atoms with Gasteiger partial charge in [0.1, 0.15) is 0 Å². The van der Waals surface area contributed by atoms with Gasteiger partial charge in [-0.25, -0.2) is 4.79 Å². The largest absolute Gasteiger partial charge is 1.00 e. The fraction of sp³-hybridized carbons (Fsp3) is 0.500. The zero-order chi connectivity index (χ0) is 19.3. The van der Waals surface area contributed by atoms with E-state index in [-0.39, 0.29) is 62.0 Å². The monoisotopic (exact) mass is 420 g/mol. The van der Waals surface area contributed by atoms with Gasteiger partial charge in [-0.2, -0.15) is 8.42 Å². The molecule has 0 saturated carbocycles. The third-order valence-electron chi connectivity index (χ3n) is 2.48. The number of carboxylic acids is 3. The number of aliphatic carboxylic acids is 3. The first-order valence-corrected chi connectivity index (χ1v) is 7.29. The molecule has 2 atom stereocenters. The van der Waals surface area contributed by atoms with Gasteiger partial charge in [-0.1, -0.05) is 0 Å². The predicted octanol–water partition coefficient (Wildman–Crippen LogP) is -8.30. The van der Waals surface area contributed by atoms with Crippen molar-refractivity contribution in [2.75, 3.05) is 0 Å². The topological polar surface area (TPSA) is 230 Å². The first kappa shape index (κ1) is 30.2. The first-order chi connectivity index (χ1) is 10.7. The van der Waals surface area contributed by atoms with E-state index in [9.17, 15) is 37.5 Å². The molecule has 0 fully saturated rings. The molecule has 0 aliphatic heterocycles. The summed E-state index contributed by atoms with van der Waals surface area (Å²) in [5.74, 6) is -9.65. The van der Waals surface area contributed by atoms with Crippen LogP contribution in [0.1, 0.15) is 22.1 Å². The molecule has 0 aliphatic carbocycles. The standard InChI is InChI=1S/C10H12O13S.2Na.2H/c11-5(12)1-4(24(20,21)22)8(16)23-7(15)3-10(19,9(17)18)2-6(13)14;;;;/h4,19H,1-3H2,(H,11,12)(H,13,14)(H,17,18)(H,20,21,22);;;;/q;2*+1;2*-1. The van der Waals surface area contributed by atoms with E-state index in [0.717, 1.165) is 0 Å². The summed E-state index contributed by atoms with van der Waals surface area (Å²) in [5, 5.41) is 32.5. The molecule has 0 aromatic rings. The Morgan fingerprint density at radius 1 is 0.962 bits per heavy atom. The number of aliphatic hydroxyl groups is 1. The van der Waals surface area contributed by atoms with E-state index in [1.807, 2.05) is 0 Å². The average molecular weight is 420 g/mol. The predicted molar refractivity (Wildman–Crippen MR) is 70.4 cm³/mol. The smallest absolute Gasteiger partial charge is 1.00 e. The molecule has 0 saturated heterocycles. The quantitative estimate of drug-likeness (QED) is 0.101. The Morgan fingerprint density at radius 2 is 1.42 bits per heavy atom. The van der Waals surface area contributed by atoms with Crippen molar-refractivity contribution in [1.29, 1.82) is 0 Å². The number of hydrogen-bond donors (Lipinski definition) is 5. The fourth-order valence-corrected chi connectivity index (χ4v) is 2.03. The molecule has 2 unspecified atom stereocenters. The van der Waals surface area contributed by atoms with E-state index in [1.54, 1.807) is 0 Å². The van der Waals surface area contributed by atoms with Crippen molar-refractivity contribution < 1.29 is 124 Å². The Kier molecular flexibility index (Phi) is 13.9. The summed E-state index contributed by atoms with van der Waals surface area (Å²) < 4.78 is 34.4. The van der Waals surface area contributed by atoms with Crippen molar-refractivity contribution in [2.24, 2.45) is 0 Å². The summed E-state index contributed by atoms with van der Waals surface area (Å²) in [6.45, 7) is 0. The van der Waals surface area contributed by atoms with Gasteiger partial charge < -0.3 is 28.0 Å². The van der Waals surface area contributed by atoms with Crippen LogP contribution in [-0.4, -0.2) is 74.1 Å². The molecular formula is C10H14Na2O13S. The normalized spacial score (nSPS) is 13.8. The minimum absolute atomic E-state index is 0. The Labute approximate surface area is 193 Å². The second-order valence-electron chi connectivity index (χ2n) is 4.48. The van der Waals surface area contributed by atoms with Crippen LogP contribution >= 0.6 is 0 Å². The van der Waals surface area contributed by atoms with Gasteiger partial charge in [0, 0.05) is 0 Å². The van der Waals surface area contributed by atoms with E-state index in [2.05, 4.69) is 4.74 Å². The van der Waals surface area contributed by atoms with Crippen LogP contribution in [0.2, 0.25) is 0 Å². The minimum Gasteiger partial charge on any atom is -1.00 e. The number of esters is 2. The molecule has 0 amide bonds. The van der Waals surface area contributed by atoms with Crippen molar-refractivity contribution in [3.05, 3.63) is 0 Å². The van der Waals surface area contributed by atoms with Gasteiger partial charge in [0.25, 0.3) is 10.1 Å². The summed E-state index contributed by atoms with van der Waals surface area (Å²) in [6, 6.07) is 0. The molecule has 5 N–H and O–H groups in total. The Hall–Kier alpha value is -0.580. The number of hydrogen-bond acceptors (Lipinski definition) is 9. The molecular weight excluding hydrogens is 406 g/mol. The van der Waals surface area contributed by atoms with Gasteiger partial charge in [0.15, 0.2) is 10.9 Å². The van der Waals surface area contributed by atoms with Crippen LogP contribution in [-0.2, 0) is 38.8 Å². The van der Waals surface area contributed by atoms with Gasteiger partial charge in [-0.3, -0.25) is 23.7 Å². The maximum absolute atomic E-state index is 11.4. The van der Waals surface area contributed by atoms with E-state index in [0.29, 0.717) is 0 Å². The summed E-state index contributed by atoms with van der Waals surface area (Å²) in [4.78, 5) is 54.5. The van der Waals surface area contributed by atoms with Crippen molar-refractivity contribution in [1.82, 2.24) is 0 Å². The van der Waals surface area contributed by atoms with Crippen molar-refractivity contribution in [2.45, 2.75) is 30.1 Å². The van der Waals surface area contributed by atoms with Gasteiger partial charge in [0.05, 0.1) is 19.3 Å². The molecule has 0 aromatic heterocycles. The van der Waals surface area contributed by atoms with Gasteiger partial charge in [-0.05, 0) is 0 Å². The number of carbonyl (C=O) groups excluding carboxylic acids is 2. The molecule has 0 heterocycles. The van der Waals surface area contributed by atoms with Crippen LogP contribution in [0.15, 0.2) is 0 Å². The SMILES string of the molecule is O=C(O)CC(C(=O)OC(=O)CC(O)(CC(=O)O)C(=O)O)S(=O)(=O)O.[H-].[H-].[Na+].[Na+]. The summed E-state index contributed by atoms with van der Waals surface area (Å²) in [6.07, 6.45) is -4.45. The molecule has 0 rings (SSSR count). The molecule has 140 valence electrons. The summed E-state index contributed by atoms with van der Waals surface area (Å²) >= 11 is 0. The Bertz CT molecular complexity index is 683. The van der Waals surface area contributed by atoms with Crippen molar-refractivity contribution >= 4 is 40.0 Å². The number of ether oxygens (including phenoxy) is 1. The van der Waals surface area contributed by atoms with Gasteiger partial charge >= 0.3 is 89.0 Å². The third-order valence-corrected chi connectivity index (χ3v) is 3.55. The van der Waals surface area contributed by atoms with Crippen LogP contribution in [0.3, 0.4) is 0 Å². The van der Waals surface area contributed by atoms with Crippen LogP contribution in [0.5, 0.6) is 0 Å². The minimum atomic E-state index is -5.26. The molecule has 0 bridgehead atoms. The summed E-state index contributed by atoms with van der Waals surface area (Å²) in [5.41, 5.74) is -3.15. The van der Waals surface area contributed by atoms with Crippen LogP contribution in [0, 0.1) is 0 Å². The molecule has 0 aliphatic rings.